The fourth-order valence-electron chi connectivity index (χ4n) is 1.89. The Morgan fingerprint density at radius 1 is 1.31 bits per heavy atom. The zero-order chi connectivity index (χ0) is 10.1. The van der Waals surface area contributed by atoms with E-state index in [0.717, 1.165) is 25.9 Å². The third kappa shape index (κ3) is 2.31. The van der Waals surface area contributed by atoms with Crippen molar-refractivity contribution in [2.24, 2.45) is 5.41 Å². The molecule has 0 radical (unpaired) electrons. The number of ketones is 1. The normalized spacial score (nSPS) is 23.5. The number of carbonyl (C=O) groups is 1. The molecule has 1 aliphatic rings. The van der Waals surface area contributed by atoms with Crippen LogP contribution in [0.5, 0.6) is 0 Å². The van der Waals surface area contributed by atoms with Crippen molar-refractivity contribution in [2.75, 3.05) is 13.1 Å². The van der Waals surface area contributed by atoms with Gasteiger partial charge in [-0.2, -0.15) is 0 Å². The summed E-state index contributed by atoms with van der Waals surface area (Å²) in [5, 5.41) is 0. The van der Waals surface area contributed by atoms with Gasteiger partial charge >= 0.3 is 0 Å². The lowest BCUT2D eigenvalue weighted by molar-refractivity contribution is -0.128. The summed E-state index contributed by atoms with van der Waals surface area (Å²) in [4.78, 5) is 13.8. The van der Waals surface area contributed by atoms with Crippen LogP contribution in [0.4, 0.5) is 0 Å². The van der Waals surface area contributed by atoms with Crippen molar-refractivity contribution in [2.45, 2.75) is 46.6 Å². The molecular weight excluding hydrogens is 162 g/mol. The molecular formula is C11H21NO. The van der Waals surface area contributed by atoms with Crippen LogP contribution in [-0.2, 0) is 4.79 Å². The quantitative estimate of drug-likeness (QED) is 0.653. The molecule has 0 aromatic rings. The first-order chi connectivity index (χ1) is 5.96. The lowest BCUT2D eigenvalue weighted by atomic mass is 9.77. The van der Waals surface area contributed by atoms with Gasteiger partial charge in [0.25, 0.3) is 0 Å². The molecule has 0 aromatic carbocycles. The van der Waals surface area contributed by atoms with Gasteiger partial charge in [0.05, 0.1) is 0 Å². The van der Waals surface area contributed by atoms with Crippen LogP contribution in [0.3, 0.4) is 0 Å². The number of carbonyl (C=O) groups excluding carboxylic acids is 1. The van der Waals surface area contributed by atoms with Gasteiger partial charge in [0.2, 0.25) is 0 Å². The molecule has 13 heavy (non-hydrogen) atoms. The molecule has 0 atom stereocenters. The second-order valence-corrected chi connectivity index (χ2v) is 4.75. The maximum absolute atomic E-state index is 11.4. The SMILES string of the molecule is CC(=O)C1(C)CCN(C(C)C)CC1. The van der Waals surface area contributed by atoms with Crippen molar-refractivity contribution in [3.63, 3.8) is 0 Å². The molecule has 2 heteroatoms. The Kier molecular flexibility index (Phi) is 3.12. The summed E-state index contributed by atoms with van der Waals surface area (Å²) in [6.45, 7) is 10.4. The van der Waals surface area contributed by atoms with Crippen molar-refractivity contribution in [3.8, 4) is 0 Å². The van der Waals surface area contributed by atoms with E-state index in [1.165, 1.54) is 0 Å². The third-order valence-electron chi connectivity index (χ3n) is 3.48. The molecule has 0 spiro atoms. The molecule has 1 aliphatic heterocycles. The summed E-state index contributed by atoms with van der Waals surface area (Å²) < 4.78 is 0. The van der Waals surface area contributed by atoms with Gasteiger partial charge in [-0.05, 0) is 46.7 Å². The lowest BCUT2D eigenvalue weighted by Gasteiger charge is -2.39. The van der Waals surface area contributed by atoms with Gasteiger partial charge in [0, 0.05) is 11.5 Å². The van der Waals surface area contributed by atoms with Crippen LogP contribution >= 0.6 is 0 Å². The molecule has 0 N–H and O–H groups in total. The third-order valence-corrected chi connectivity index (χ3v) is 3.48. The number of hydrogen-bond donors (Lipinski definition) is 0. The van der Waals surface area contributed by atoms with Crippen LogP contribution in [0, 0.1) is 5.41 Å². The predicted octanol–water partition coefficient (Wildman–Crippen LogP) is 2.09. The number of likely N-dealkylation sites (tertiary alicyclic amines) is 1. The Morgan fingerprint density at radius 3 is 2.08 bits per heavy atom. The van der Waals surface area contributed by atoms with Gasteiger partial charge in [-0.3, -0.25) is 4.79 Å². The van der Waals surface area contributed by atoms with E-state index in [0.29, 0.717) is 11.8 Å². The summed E-state index contributed by atoms with van der Waals surface area (Å²) in [6, 6.07) is 0.622. The molecule has 0 bridgehead atoms. The number of nitrogens with zero attached hydrogens (tertiary/aromatic N) is 1. The highest BCUT2D eigenvalue weighted by Crippen LogP contribution is 2.32. The number of Topliss-reactive ketones (excluding diaryl/α,β-unsaturated/α-hetero) is 1. The first-order valence-electron chi connectivity index (χ1n) is 5.21. The summed E-state index contributed by atoms with van der Waals surface area (Å²) in [6.07, 6.45) is 2.06. The van der Waals surface area contributed by atoms with Gasteiger partial charge in [0.1, 0.15) is 5.78 Å². The Labute approximate surface area is 81.3 Å². The Balaban J connectivity index is 2.51. The molecule has 1 rings (SSSR count). The number of hydrogen-bond acceptors (Lipinski definition) is 2. The van der Waals surface area contributed by atoms with Crippen LogP contribution in [0.15, 0.2) is 0 Å². The number of piperidine rings is 1. The second-order valence-electron chi connectivity index (χ2n) is 4.75. The van der Waals surface area contributed by atoms with Gasteiger partial charge in [-0.15, -0.1) is 0 Å². The summed E-state index contributed by atoms with van der Waals surface area (Å²) in [7, 11) is 0. The molecule has 0 unspecified atom stereocenters. The number of rotatable bonds is 2. The van der Waals surface area contributed by atoms with Gasteiger partial charge in [-0.25, -0.2) is 0 Å². The van der Waals surface area contributed by atoms with Crippen molar-refractivity contribution < 1.29 is 4.79 Å². The highest BCUT2D eigenvalue weighted by Gasteiger charge is 2.34. The van der Waals surface area contributed by atoms with Crippen molar-refractivity contribution in [1.82, 2.24) is 4.90 Å². The average molecular weight is 183 g/mol. The van der Waals surface area contributed by atoms with Crippen LogP contribution in [0.1, 0.15) is 40.5 Å². The molecule has 76 valence electrons. The highest BCUT2D eigenvalue weighted by atomic mass is 16.1. The fourth-order valence-corrected chi connectivity index (χ4v) is 1.89. The van der Waals surface area contributed by atoms with Crippen molar-refractivity contribution in [3.05, 3.63) is 0 Å². The maximum Gasteiger partial charge on any atom is 0.135 e. The van der Waals surface area contributed by atoms with Crippen molar-refractivity contribution >= 4 is 5.78 Å². The summed E-state index contributed by atoms with van der Waals surface area (Å²) >= 11 is 0. The molecule has 0 saturated carbocycles. The van der Waals surface area contributed by atoms with E-state index in [4.69, 9.17) is 0 Å². The minimum Gasteiger partial charge on any atom is -0.301 e. The van der Waals surface area contributed by atoms with E-state index in [9.17, 15) is 4.79 Å². The Morgan fingerprint density at radius 2 is 1.77 bits per heavy atom. The Hall–Kier alpha value is -0.370. The summed E-state index contributed by atoms with van der Waals surface area (Å²) in [5.74, 6) is 0.357. The van der Waals surface area contributed by atoms with Crippen LogP contribution in [0.25, 0.3) is 0 Å². The zero-order valence-corrected chi connectivity index (χ0v) is 9.26. The van der Waals surface area contributed by atoms with Crippen LogP contribution in [-0.4, -0.2) is 29.8 Å². The largest absolute Gasteiger partial charge is 0.301 e. The maximum atomic E-state index is 11.4. The second kappa shape index (κ2) is 3.79. The van der Waals surface area contributed by atoms with E-state index in [2.05, 4.69) is 25.7 Å². The average Bonchev–Trinajstić information content (AvgIpc) is 2.04. The molecule has 0 aliphatic carbocycles. The van der Waals surface area contributed by atoms with Gasteiger partial charge in [0.15, 0.2) is 0 Å². The van der Waals surface area contributed by atoms with E-state index < -0.39 is 0 Å². The van der Waals surface area contributed by atoms with Crippen LogP contribution in [0.2, 0.25) is 0 Å². The molecule has 0 amide bonds. The minimum atomic E-state index is -0.0363. The molecule has 1 fully saturated rings. The summed E-state index contributed by atoms with van der Waals surface area (Å²) in [5.41, 5.74) is -0.0363. The first-order valence-corrected chi connectivity index (χ1v) is 5.21. The molecule has 1 heterocycles. The standard InChI is InChI=1S/C11H21NO/c1-9(2)12-7-5-11(4,6-8-12)10(3)13/h9H,5-8H2,1-4H3. The molecule has 1 saturated heterocycles. The van der Waals surface area contributed by atoms with E-state index in [1.54, 1.807) is 6.92 Å². The molecule has 0 aromatic heterocycles. The fraction of sp³-hybridized carbons (Fsp3) is 0.909. The first kappa shape index (κ1) is 10.7. The zero-order valence-electron chi connectivity index (χ0n) is 9.26. The topological polar surface area (TPSA) is 20.3 Å². The van der Waals surface area contributed by atoms with E-state index >= 15 is 0 Å². The highest BCUT2D eigenvalue weighted by molar-refractivity contribution is 5.82. The Bertz CT molecular complexity index is 190. The predicted molar refractivity (Wildman–Crippen MR) is 54.7 cm³/mol. The monoisotopic (exact) mass is 183 g/mol. The van der Waals surface area contributed by atoms with E-state index in [-0.39, 0.29) is 5.41 Å². The van der Waals surface area contributed by atoms with E-state index in [1.807, 2.05) is 0 Å². The lowest BCUT2D eigenvalue weighted by Crippen LogP contribution is -2.44. The molecule has 2 nitrogen and oxygen atoms in total. The van der Waals surface area contributed by atoms with Crippen LogP contribution < -0.4 is 0 Å². The minimum absolute atomic E-state index is 0.0363. The smallest absolute Gasteiger partial charge is 0.135 e. The van der Waals surface area contributed by atoms with Crippen molar-refractivity contribution in [1.29, 1.82) is 0 Å². The van der Waals surface area contributed by atoms with Gasteiger partial charge in [-0.1, -0.05) is 6.92 Å². The van der Waals surface area contributed by atoms with Gasteiger partial charge < -0.3 is 4.90 Å².